The summed E-state index contributed by atoms with van der Waals surface area (Å²) in [6.45, 7) is 1.41. The minimum atomic E-state index is -4.23. The van der Waals surface area contributed by atoms with Crippen LogP contribution in [0.1, 0.15) is 29.4 Å². The second kappa shape index (κ2) is 9.41. The number of nitrogens with two attached hydrogens (primary N) is 1. The van der Waals surface area contributed by atoms with Crippen LogP contribution < -0.4 is 15.2 Å². The van der Waals surface area contributed by atoms with Gasteiger partial charge in [0, 0.05) is 25.4 Å². The van der Waals surface area contributed by atoms with Crippen molar-refractivity contribution in [3.8, 4) is 23.7 Å². The van der Waals surface area contributed by atoms with Crippen LogP contribution in [0.15, 0.2) is 29.3 Å². The predicted octanol–water partition coefficient (Wildman–Crippen LogP) is 1.09. The summed E-state index contributed by atoms with van der Waals surface area (Å²) in [6.07, 6.45) is 0.190. The molecule has 0 bridgehead atoms. The number of carbonyl (C=O) groups is 1. The summed E-state index contributed by atoms with van der Waals surface area (Å²) >= 11 is 0. The molecule has 30 heavy (non-hydrogen) atoms. The lowest BCUT2D eigenvalue weighted by Crippen LogP contribution is -2.19. The quantitative estimate of drug-likeness (QED) is 0.556. The average molecular weight is 434 g/mol. The van der Waals surface area contributed by atoms with Crippen LogP contribution >= 0.6 is 0 Å². The molecule has 1 aromatic heterocycles. The summed E-state index contributed by atoms with van der Waals surface area (Å²) in [7, 11) is -2.81. The highest BCUT2D eigenvalue weighted by Crippen LogP contribution is 2.30. The Labute approximate surface area is 172 Å². The van der Waals surface area contributed by atoms with E-state index in [0.29, 0.717) is 0 Å². The van der Waals surface area contributed by atoms with Crippen LogP contribution in [0, 0.1) is 29.0 Å². The largest absolute Gasteiger partial charge is 0.490 e. The number of carbonyl (C=O) groups excluding carboxylic acids is 1. The number of hydrogen-bond donors (Lipinski definition) is 3. The standard InChI is InChI=1S/C19H19FN4O5S/c1-3-4-14(25)7-8-29-18-16(30(22,27)28)11-24(2)17(18)19(26)23-13-5-6-15(20)12(9-13)10-21/h5-6,9,11,14,25H,7-8H2,1-2H3,(H,23,26)(H2,22,27,28)/t14-/m1/s1. The van der Waals surface area contributed by atoms with E-state index >= 15 is 0 Å². The minimum absolute atomic E-state index is 0.0599. The molecule has 0 unspecified atom stereocenters. The van der Waals surface area contributed by atoms with Gasteiger partial charge < -0.3 is 19.7 Å². The van der Waals surface area contributed by atoms with Crippen LogP contribution in [0.2, 0.25) is 0 Å². The molecule has 1 aromatic carbocycles. The summed E-state index contributed by atoms with van der Waals surface area (Å²) in [6, 6.07) is 5.06. The number of halogens is 1. The molecule has 1 heterocycles. The van der Waals surface area contributed by atoms with Gasteiger partial charge in [0.25, 0.3) is 5.91 Å². The van der Waals surface area contributed by atoms with Crippen molar-refractivity contribution in [3.05, 3.63) is 41.5 Å². The first-order valence-electron chi connectivity index (χ1n) is 8.54. The Morgan fingerprint density at radius 1 is 1.47 bits per heavy atom. The van der Waals surface area contributed by atoms with Crippen LogP contribution in [0.5, 0.6) is 5.75 Å². The molecule has 1 atom stereocenters. The van der Waals surface area contributed by atoms with Crippen molar-refractivity contribution in [2.45, 2.75) is 24.3 Å². The van der Waals surface area contributed by atoms with Crippen molar-refractivity contribution >= 4 is 21.6 Å². The van der Waals surface area contributed by atoms with Gasteiger partial charge in [0.2, 0.25) is 10.0 Å². The maximum absolute atomic E-state index is 13.5. The zero-order valence-electron chi connectivity index (χ0n) is 16.1. The van der Waals surface area contributed by atoms with Crippen LogP contribution in [0.25, 0.3) is 0 Å². The van der Waals surface area contributed by atoms with Crippen molar-refractivity contribution in [1.82, 2.24) is 4.57 Å². The first kappa shape index (κ1) is 22.9. The molecule has 9 nitrogen and oxygen atoms in total. The normalized spacial score (nSPS) is 11.7. The van der Waals surface area contributed by atoms with Gasteiger partial charge in [-0.25, -0.2) is 17.9 Å². The van der Waals surface area contributed by atoms with Crippen LogP contribution in [-0.2, 0) is 17.1 Å². The van der Waals surface area contributed by atoms with E-state index in [0.717, 1.165) is 18.3 Å². The van der Waals surface area contributed by atoms with Gasteiger partial charge in [0.05, 0.1) is 12.2 Å². The maximum atomic E-state index is 13.5. The Kier molecular flexibility index (Phi) is 7.19. The summed E-state index contributed by atoms with van der Waals surface area (Å²) in [4.78, 5) is 12.4. The zero-order chi connectivity index (χ0) is 22.5. The van der Waals surface area contributed by atoms with E-state index in [9.17, 15) is 22.7 Å². The number of aliphatic hydroxyl groups is 1. The van der Waals surface area contributed by atoms with Crippen molar-refractivity contribution in [1.29, 1.82) is 5.26 Å². The molecule has 0 saturated heterocycles. The maximum Gasteiger partial charge on any atom is 0.276 e. The summed E-state index contributed by atoms with van der Waals surface area (Å²) < 4.78 is 44.0. The molecule has 11 heteroatoms. The Balaban J connectivity index is 2.38. The molecule has 0 saturated carbocycles. The first-order chi connectivity index (χ1) is 14.1. The summed E-state index contributed by atoms with van der Waals surface area (Å²) in [5.41, 5.74) is -0.318. The minimum Gasteiger partial charge on any atom is -0.490 e. The van der Waals surface area contributed by atoms with Crippen molar-refractivity contribution < 1.29 is 27.4 Å². The van der Waals surface area contributed by atoms with E-state index in [1.165, 1.54) is 17.7 Å². The highest BCUT2D eigenvalue weighted by atomic mass is 32.2. The van der Waals surface area contributed by atoms with Gasteiger partial charge in [0.15, 0.2) is 11.4 Å². The van der Waals surface area contributed by atoms with E-state index in [1.54, 1.807) is 13.0 Å². The van der Waals surface area contributed by atoms with Crippen LogP contribution in [0.3, 0.4) is 0 Å². The van der Waals surface area contributed by atoms with E-state index < -0.39 is 32.7 Å². The molecule has 4 N–H and O–H groups in total. The monoisotopic (exact) mass is 434 g/mol. The number of aryl methyl sites for hydroxylation is 1. The fraction of sp³-hybridized carbons (Fsp3) is 0.263. The number of nitrogens with zero attached hydrogens (tertiary/aromatic N) is 2. The van der Waals surface area contributed by atoms with E-state index in [2.05, 4.69) is 17.2 Å². The number of benzene rings is 1. The highest BCUT2D eigenvalue weighted by molar-refractivity contribution is 7.89. The number of hydrogen-bond acceptors (Lipinski definition) is 6. The molecule has 0 aliphatic carbocycles. The Hall–Kier alpha value is -3.38. The second-order valence-electron chi connectivity index (χ2n) is 6.13. The zero-order valence-corrected chi connectivity index (χ0v) is 17.0. The van der Waals surface area contributed by atoms with Gasteiger partial charge in [-0.2, -0.15) is 5.26 Å². The summed E-state index contributed by atoms with van der Waals surface area (Å²) in [5.74, 6) is 3.23. The average Bonchev–Trinajstić information content (AvgIpc) is 3.00. The number of anilines is 1. The molecular formula is C19H19FN4O5S. The molecule has 0 radical (unpaired) electrons. The van der Waals surface area contributed by atoms with Crippen LogP contribution in [0.4, 0.5) is 10.1 Å². The third-order valence-corrected chi connectivity index (χ3v) is 4.82. The molecule has 2 rings (SSSR count). The van der Waals surface area contributed by atoms with Crippen molar-refractivity contribution in [2.75, 3.05) is 11.9 Å². The van der Waals surface area contributed by atoms with Gasteiger partial charge in [-0.3, -0.25) is 4.79 Å². The van der Waals surface area contributed by atoms with Gasteiger partial charge in [-0.05, 0) is 25.1 Å². The third-order valence-electron chi connectivity index (χ3n) is 3.92. The SMILES string of the molecule is CC#C[C@@H](O)CCOc1c(S(N)(=O)=O)cn(C)c1C(=O)Nc1ccc(F)c(C#N)c1. The number of primary sulfonamides is 1. The second-order valence-corrected chi connectivity index (χ2v) is 7.66. The number of nitrogens with one attached hydrogen (secondary N) is 1. The lowest BCUT2D eigenvalue weighted by Gasteiger charge is -2.12. The van der Waals surface area contributed by atoms with Crippen molar-refractivity contribution in [2.24, 2.45) is 12.2 Å². The molecule has 0 fully saturated rings. The highest BCUT2D eigenvalue weighted by Gasteiger charge is 2.28. The molecule has 0 spiro atoms. The fourth-order valence-electron chi connectivity index (χ4n) is 2.57. The number of nitriles is 1. The third kappa shape index (κ3) is 5.36. The van der Waals surface area contributed by atoms with Crippen LogP contribution in [-0.4, -0.2) is 36.7 Å². The first-order valence-corrected chi connectivity index (χ1v) is 10.1. The molecule has 1 amide bonds. The van der Waals surface area contributed by atoms with Crippen molar-refractivity contribution in [3.63, 3.8) is 0 Å². The van der Waals surface area contributed by atoms with E-state index in [4.69, 9.17) is 15.1 Å². The Morgan fingerprint density at radius 2 is 2.17 bits per heavy atom. The number of amides is 1. The smallest absolute Gasteiger partial charge is 0.276 e. The molecule has 0 aliphatic heterocycles. The van der Waals surface area contributed by atoms with Gasteiger partial charge in [-0.1, -0.05) is 5.92 Å². The Morgan fingerprint density at radius 3 is 2.77 bits per heavy atom. The van der Waals surface area contributed by atoms with Gasteiger partial charge >= 0.3 is 0 Å². The molecule has 2 aromatic rings. The van der Waals surface area contributed by atoms with Gasteiger partial charge in [0.1, 0.15) is 22.9 Å². The predicted molar refractivity (Wildman–Crippen MR) is 105 cm³/mol. The lowest BCUT2D eigenvalue weighted by atomic mass is 10.2. The summed E-state index contributed by atoms with van der Waals surface area (Å²) in [5, 5.41) is 26.3. The van der Waals surface area contributed by atoms with E-state index in [-0.39, 0.29) is 35.7 Å². The Bertz CT molecular complexity index is 1170. The number of sulfonamides is 1. The molecular weight excluding hydrogens is 415 g/mol. The molecule has 0 aliphatic rings. The molecule has 158 valence electrons. The fourth-order valence-corrected chi connectivity index (χ4v) is 3.29. The number of rotatable bonds is 7. The topological polar surface area (TPSA) is 147 Å². The van der Waals surface area contributed by atoms with Gasteiger partial charge in [-0.15, -0.1) is 5.92 Å². The lowest BCUT2D eigenvalue weighted by molar-refractivity contribution is 0.101. The van der Waals surface area contributed by atoms with E-state index in [1.807, 2.05) is 0 Å². The number of aliphatic hydroxyl groups excluding tert-OH is 1. The number of aromatic nitrogens is 1. The number of ether oxygens (including phenoxy) is 1.